The first kappa shape index (κ1) is 18.5. The third-order valence-electron chi connectivity index (χ3n) is 3.92. The number of carbonyl (C=O) groups is 1. The van der Waals surface area contributed by atoms with Crippen LogP contribution in [0, 0.1) is 0 Å². The van der Waals surface area contributed by atoms with Crippen molar-refractivity contribution in [1.82, 2.24) is 10.1 Å². The molecular weight excluding hydrogens is 361 g/mol. The summed E-state index contributed by atoms with van der Waals surface area (Å²) >= 11 is 0. The van der Waals surface area contributed by atoms with Gasteiger partial charge in [0.15, 0.2) is 0 Å². The number of halogens is 3. The van der Waals surface area contributed by atoms with E-state index < -0.39 is 17.4 Å². The van der Waals surface area contributed by atoms with Crippen molar-refractivity contribution in [2.24, 2.45) is 0 Å². The lowest BCUT2D eigenvalue weighted by Crippen LogP contribution is -2.22. The van der Waals surface area contributed by atoms with Crippen molar-refractivity contribution in [2.75, 3.05) is 0 Å². The van der Waals surface area contributed by atoms with Crippen LogP contribution in [0.5, 0.6) is 0 Å². The van der Waals surface area contributed by atoms with E-state index in [1.807, 2.05) is 0 Å². The highest BCUT2D eigenvalue weighted by Gasteiger charge is 2.29. The van der Waals surface area contributed by atoms with E-state index in [1.54, 1.807) is 24.3 Å². The summed E-state index contributed by atoms with van der Waals surface area (Å²) < 4.78 is 44.1. The van der Waals surface area contributed by atoms with Crippen LogP contribution >= 0.6 is 0 Å². The number of hydrogen-bond acceptors (Lipinski definition) is 3. The SMILES string of the molecule is CC(=O)NCn1cc(-c2ccc(-c3ccc(C(F)(F)F)cc3)cc2)c(=O)o1. The largest absolute Gasteiger partial charge is 0.416 e. The maximum Gasteiger partial charge on any atom is 0.416 e. The van der Waals surface area contributed by atoms with E-state index in [0.29, 0.717) is 16.7 Å². The molecule has 140 valence electrons. The van der Waals surface area contributed by atoms with Crippen LogP contribution in [-0.4, -0.2) is 10.6 Å². The van der Waals surface area contributed by atoms with Gasteiger partial charge in [0.1, 0.15) is 6.67 Å². The fraction of sp³-hybridized carbons (Fsp3) is 0.158. The predicted molar refractivity (Wildman–Crippen MR) is 92.7 cm³/mol. The highest BCUT2D eigenvalue weighted by molar-refractivity contribution is 5.72. The van der Waals surface area contributed by atoms with E-state index >= 15 is 0 Å². The van der Waals surface area contributed by atoms with Crippen molar-refractivity contribution < 1.29 is 22.5 Å². The Morgan fingerprint density at radius 2 is 1.52 bits per heavy atom. The number of benzene rings is 2. The summed E-state index contributed by atoms with van der Waals surface area (Å²) in [6, 6.07) is 11.6. The number of carbonyl (C=O) groups excluding carboxylic acids is 1. The molecule has 0 aliphatic heterocycles. The Bertz CT molecular complexity index is 1000. The Morgan fingerprint density at radius 1 is 1.00 bits per heavy atom. The van der Waals surface area contributed by atoms with Crippen molar-refractivity contribution in [3.63, 3.8) is 0 Å². The smallest absolute Gasteiger partial charge is 0.336 e. The summed E-state index contributed by atoms with van der Waals surface area (Å²) in [5, 5.41) is 2.51. The molecule has 1 amide bonds. The summed E-state index contributed by atoms with van der Waals surface area (Å²) in [7, 11) is 0. The molecule has 1 heterocycles. The molecule has 0 unspecified atom stereocenters. The van der Waals surface area contributed by atoms with Gasteiger partial charge in [-0.25, -0.2) is 4.79 Å². The van der Waals surface area contributed by atoms with Gasteiger partial charge < -0.3 is 9.84 Å². The van der Waals surface area contributed by atoms with Gasteiger partial charge in [-0.1, -0.05) is 36.4 Å². The molecule has 1 aromatic heterocycles. The second kappa shape index (κ2) is 7.14. The molecule has 3 rings (SSSR count). The number of nitrogens with zero attached hydrogens (tertiary/aromatic N) is 1. The zero-order valence-electron chi connectivity index (χ0n) is 14.2. The zero-order chi connectivity index (χ0) is 19.6. The van der Waals surface area contributed by atoms with E-state index in [1.165, 1.54) is 30.0 Å². The molecule has 2 aromatic carbocycles. The van der Waals surface area contributed by atoms with Gasteiger partial charge in [0.2, 0.25) is 5.91 Å². The summed E-state index contributed by atoms with van der Waals surface area (Å²) in [5.41, 5.74) is 1.00. The molecule has 0 aliphatic rings. The number of nitrogens with one attached hydrogen (secondary N) is 1. The molecule has 0 saturated heterocycles. The van der Waals surface area contributed by atoms with E-state index in [2.05, 4.69) is 5.32 Å². The second-order valence-electron chi connectivity index (χ2n) is 5.88. The quantitative estimate of drug-likeness (QED) is 0.751. The monoisotopic (exact) mass is 376 g/mol. The molecule has 1 N–H and O–H groups in total. The summed E-state index contributed by atoms with van der Waals surface area (Å²) in [5.74, 6) is -0.256. The molecule has 0 aliphatic carbocycles. The minimum absolute atomic E-state index is 0.0359. The first-order chi connectivity index (χ1) is 12.7. The van der Waals surface area contributed by atoms with Gasteiger partial charge in [-0.3, -0.25) is 4.79 Å². The van der Waals surface area contributed by atoms with Gasteiger partial charge >= 0.3 is 11.8 Å². The minimum atomic E-state index is -4.37. The Morgan fingerprint density at radius 3 is 2.04 bits per heavy atom. The molecule has 0 saturated carbocycles. The number of alkyl halides is 3. The number of aromatic nitrogens is 1. The minimum Gasteiger partial charge on any atom is -0.336 e. The maximum absolute atomic E-state index is 12.6. The Hall–Kier alpha value is -3.29. The predicted octanol–water partition coefficient (Wildman–Crippen LogP) is 3.89. The van der Waals surface area contributed by atoms with E-state index in [4.69, 9.17) is 4.52 Å². The van der Waals surface area contributed by atoms with Crippen molar-refractivity contribution in [3.8, 4) is 22.3 Å². The van der Waals surface area contributed by atoms with Crippen LogP contribution in [0.15, 0.2) is 64.0 Å². The lowest BCUT2D eigenvalue weighted by atomic mass is 10.0. The van der Waals surface area contributed by atoms with Gasteiger partial charge in [0.05, 0.1) is 17.3 Å². The van der Waals surface area contributed by atoms with Crippen molar-refractivity contribution >= 4 is 5.91 Å². The highest BCUT2D eigenvalue weighted by atomic mass is 19.4. The van der Waals surface area contributed by atoms with Gasteiger partial charge in [-0.05, 0) is 28.8 Å². The van der Waals surface area contributed by atoms with Crippen LogP contribution in [0.3, 0.4) is 0 Å². The number of rotatable bonds is 4. The summed E-state index contributed by atoms with van der Waals surface area (Å²) in [6.45, 7) is 1.39. The lowest BCUT2D eigenvalue weighted by molar-refractivity contribution is -0.137. The molecule has 0 bridgehead atoms. The fourth-order valence-electron chi connectivity index (χ4n) is 2.53. The average molecular weight is 376 g/mol. The number of hydrogen-bond donors (Lipinski definition) is 1. The Kier molecular flexibility index (Phi) is 4.89. The first-order valence-electron chi connectivity index (χ1n) is 7.97. The van der Waals surface area contributed by atoms with Crippen molar-refractivity contribution in [3.05, 3.63) is 70.7 Å². The molecule has 0 spiro atoms. The zero-order valence-corrected chi connectivity index (χ0v) is 14.2. The standard InChI is InChI=1S/C19H15F3N2O3/c1-12(25)23-11-24-10-17(18(26)27-24)15-4-2-13(3-5-15)14-6-8-16(9-7-14)19(20,21)22/h2-10H,11H2,1H3,(H,23,25). The van der Waals surface area contributed by atoms with E-state index in [0.717, 1.165) is 17.7 Å². The highest BCUT2D eigenvalue weighted by Crippen LogP contribution is 2.31. The third-order valence-corrected chi connectivity index (χ3v) is 3.92. The van der Waals surface area contributed by atoms with Crippen LogP contribution in [-0.2, 0) is 17.6 Å². The van der Waals surface area contributed by atoms with Crippen LogP contribution in [0.1, 0.15) is 12.5 Å². The molecule has 0 fully saturated rings. The second-order valence-corrected chi connectivity index (χ2v) is 5.88. The van der Waals surface area contributed by atoms with Crippen molar-refractivity contribution in [1.29, 1.82) is 0 Å². The van der Waals surface area contributed by atoms with Gasteiger partial charge in [0.25, 0.3) is 0 Å². The van der Waals surface area contributed by atoms with Gasteiger partial charge in [-0.2, -0.15) is 17.9 Å². The molecule has 3 aromatic rings. The van der Waals surface area contributed by atoms with Crippen LogP contribution < -0.4 is 10.9 Å². The molecular formula is C19H15F3N2O3. The summed E-state index contributed by atoms with van der Waals surface area (Å²) in [6.07, 6.45) is -2.90. The van der Waals surface area contributed by atoms with E-state index in [-0.39, 0.29) is 12.6 Å². The van der Waals surface area contributed by atoms with Crippen LogP contribution in [0.2, 0.25) is 0 Å². The average Bonchev–Trinajstić information content (AvgIpc) is 3.00. The normalized spacial score (nSPS) is 11.4. The lowest BCUT2D eigenvalue weighted by Gasteiger charge is -2.08. The molecule has 0 radical (unpaired) electrons. The Labute approximate surface area is 152 Å². The molecule has 8 heteroatoms. The third kappa shape index (κ3) is 4.28. The first-order valence-corrected chi connectivity index (χ1v) is 7.97. The topological polar surface area (TPSA) is 64.2 Å². The van der Waals surface area contributed by atoms with E-state index in [9.17, 15) is 22.8 Å². The van der Waals surface area contributed by atoms with Crippen molar-refractivity contribution in [2.45, 2.75) is 19.8 Å². The van der Waals surface area contributed by atoms with Crippen LogP contribution in [0.4, 0.5) is 13.2 Å². The molecule has 0 atom stereocenters. The molecule has 5 nitrogen and oxygen atoms in total. The summed E-state index contributed by atoms with van der Waals surface area (Å²) in [4.78, 5) is 22.9. The van der Waals surface area contributed by atoms with Gasteiger partial charge in [-0.15, -0.1) is 0 Å². The van der Waals surface area contributed by atoms with Gasteiger partial charge in [0, 0.05) is 6.92 Å². The maximum atomic E-state index is 12.6. The van der Waals surface area contributed by atoms with Crippen LogP contribution in [0.25, 0.3) is 22.3 Å². The number of amides is 1. The molecule has 27 heavy (non-hydrogen) atoms. The fourth-order valence-corrected chi connectivity index (χ4v) is 2.53. The Balaban J connectivity index is 1.81.